The SMILES string of the molecule is O=Cc1ccccc1CS(=O)(=O)c1ccccc1[N+](=O)[O-]. The maximum atomic E-state index is 12.4. The molecule has 0 radical (unpaired) electrons. The first kappa shape index (κ1) is 14.9. The summed E-state index contributed by atoms with van der Waals surface area (Å²) in [6.07, 6.45) is 0.560. The monoisotopic (exact) mass is 305 g/mol. The van der Waals surface area contributed by atoms with Crippen LogP contribution in [0.2, 0.25) is 0 Å². The van der Waals surface area contributed by atoms with Crippen LogP contribution in [0.4, 0.5) is 5.69 Å². The summed E-state index contributed by atoms with van der Waals surface area (Å²) in [5.74, 6) is -0.466. The van der Waals surface area contributed by atoms with Crippen LogP contribution in [0.15, 0.2) is 53.4 Å². The fourth-order valence-electron chi connectivity index (χ4n) is 1.93. The van der Waals surface area contributed by atoms with Gasteiger partial charge in [-0.2, -0.15) is 0 Å². The molecule has 0 unspecified atom stereocenters. The molecule has 2 rings (SSSR count). The summed E-state index contributed by atoms with van der Waals surface area (Å²) in [5.41, 5.74) is 0.0893. The molecule has 21 heavy (non-hydrogen) atoms. The summed E-state index contributed by atoms with van der Waals surface area (Å²) >= 11 is 0. The van der Waals surface area contributed by atoms with Gasteiger partial charge in [0.05, 0.1) is 10.7 Å². The van der Waals surface area contributed by atoms with Gasteiger partial charge in [-0.3, -0.25) is 14.9 Å². The summed E-state index contributed by atoms with van der Waals surface area (Å²) in [4.78, 5) is 20.8. The molecule has 108 valence electrons. The van der Waals surface area contributed by atoms with Crippen LogP contribution in [-0.2, 0) is 15.6 Å². The maximum absolute atomic E-state index is 12.4. The lowest BCUT2D eigenvalue weighted by Crippen LogP contribution is -2.09. The zero-order valence-electron chi connectivity index (χ0n) is 10.8. The van der Waals surface area contributed by atoms with Gasteiger partial charge in [-0.25, -0.2) is 8.42 Å². The van der Waals surface area contributed by atoms with Crippen molar-refractivity contribution < 1.29 is 18.1 Å². The van der Waals surface area contributed by atoms with Crippen LogP contribution in [0.1, 0.15) is 15.9 Å². The Morgan fingerprint density at radius 3 is 2.33 bits per heavy atom. The van der Waals surface area contributed by atoms with Crippen molar-refractivity contribution in [3.8, 4) is 0 Å². The third kappa shape index (κ3) is 3.14. The number of hydrogen-bond donors (Lipinski definition) is 0. The van der Waals surface area contributed by atoms with Crippen LogP contribution in [0.3, 0.4) is 0 Å². The summed E-state index contributed by atoms with van der Waals surface area (Å²) in [5, 5.41) is 10.9. The molecular formula is C14H11NO5S. The number of aldehydes is 1. The number of carbonyl (C=O) groups excluding carboxylic acids is 1. The Hall–Kier alpha value is -2.54. The number of sulfone groups is 1. The number of nitro benzene ring substituents is 1. The highest BCUT2D eigenvalue weighted by Crippen LogP contribution is 2.26. The number of hydrogen-bond acceptors (Lipinski definition) is 5. The molecule has 0 aliphatic rings. The van der Waals surface area contributed by atoms with Crippen LogP contribution in [0, 0.1) is 10.1 Å². The lowest BCUT2D eigenvalue weighted by Gasteiger charge is -2.07. The van der Waals surface area contributed by atoms with Crippen molar-refractivity contribution in [1.82, 2.24) is 0 Å². The Kier molecular flexibility index (Phi) is 4.13. The van der Waals surface area contributed by atoms with Gasteiger partial charge in [0.1, 0.15) is 11.2 Å². The van der Waals surface area contributed by atoms with Crippen molar-refractivity contribution in [2.24, 2.45) is 0 Å². The first-order chi connectivity index (χ1) is 9.95. The molecule has 0 atom stereocenters. The predicted octanol–water partition coefficient (Wildman–Crippen LogP) is 2.38. The van der Waals surface area contributed by atoms with Crippen LogP contribution < -0.4 is 0 Å². The third-order valence-electron chi connectivity index (χ3n) is 2.92. The molecule has 6 nitrogen and oxygen atoms in total. The molecule has 0 spiro atoms. The van der Waals surface area contributed by atoms with E-state index in [1.54, 1.807) is 12.1 Å². The quantitative estimate of drug-likeness (QED) is 0.480. The van der Waals surface area contributed by atoms with E-state index >= 15 is 0 Å². The van der Waals surface area contributed by atoms with Crippen LogP contribution >= 0.6 is 0 Å². The van der Waals surface area contributed by atoms with Gasteiger partial charge >= 0.3 is 0 Å². The molecule has 2 aromatic rings. The van der Waals surface area contributed by atoms with Gasteiger partial charge in [0.15, 0.2) is 9.84 Å². The number of nitro groups is 1. The Morgan fingerprint density at radius 1 is 1.05 bits per heavy atom. The Morgan fingerprint density at radius 2 is 1.67 bits per heavy atom. The number of carbonyl (C=O) groups is 1. The molecule has 0 saturated heterocycles. The van der Waals surface area contributed by atoms with E-state index in [2.05, 4.69) is 0 Å². The highest BCUT2D eigenvalue weighted by Gasteiger charge is 2.26. The third-order valence-corrected chi connectivity index (χ3v) is 4.63. The standard InChI is InChI=1S/C14H11NO5S/c16-9-11-5-1-2-6-12(11)10-21(19,20)14-8-4-3-7-13(14)15(17)18/h1-9H,10H2. The van der Waals surface area contributed by atoms with Crippen molar-refractivity contribution in [3.05, 3.63) is 69.8 Å². The van der Waals surface area contributed by atoms with Crippen LogP contribution in [0.5, 0.6) is 0 Å². The minimum absolute atomic E-state index is 0.250. The van der Waals surface area contributed by atoms with Crippen molar-refractivity contribution >= 4 is 21.8 Å². The average Bonchev–Trinajstić information content (AvgIpc) is 2.47. The van der Waals surface area contributed by atoms with Gasteiger partial charge in [-0.05, 0) is 11.6 Å². The molecule has 0 bridgehead atoms. The number of para-hydroxylation sites is 1. The molecule has 0 saturated carbocycles. The van der Waals surface area contributed by atoms with Crippen LogP contribution in [-0.4, -0.2) is 19.6 Å². The Labute approximate surface area is 121 Å². The van der Waals surface area contributed by atoms with E-state index < -0.39 is 26.2 Å². The maximum Gasteiger partial charge on any atom is 0.287 e. The first-order valence-electron chi connectivity index (χ1n) is 5.95. The van der Waals surface area contributed by atoms with Gasteiger partial charge in [-0.1, -0.05) is 36.4 Å². The van der Waals surface area contributed by atoms with E-state index in [-0.39, 0.29) is 10.5 Å². The van der Waals surface area contributed by atoms with Crippen molar-refractivity contribution in [2.45, 2.75) is 10.6 Å². The molecule has 0 aromatic heterocycles. The number of benzene rings is 2. The van der Waals surface area contributed by atoms with Gasteiger partial charge < -0.3 is 0 Å². The summed E-state index contributed by atoms with van der Waals surface area (Å²) in [6, 6.07) is 11.4. The summed E-state index contributed by atoms with van der Waals surface area (Å²) in [7, 11) is -3.92. The Bertz CT molecular complexity index is 799. The van der Waals surface area contributed by atoms with E-state index in [1.165, 1.54) is 30.3 Å². The zero-order chi connectivity index (χ0) is 15.5. The minimum atomic E-state index is -3.92. The first-order valence-corrected chi connectivity index (χ1v) is 7.60. The normalized spacial score (nSPS) is 11.0. The number of rotatable bonds is 5. The van der Waals surface area contributed by atoms with Gasteiger partial charge in [0.25, 0.3) is 5.69 Å². The molecule has 0 N–H and O–H groups in total. The smallest absolute Gasteiger partial charge is 0.287 e. The predicted molar refractivity (Wildman–Crippen MR) is 75.8 cm³/mol. The second-order valence-corrected chi connectivity index (χ2v) is 6.26. The minimum Gasteiger partial charge on any atom is -0.298 e. The van der Waals surface area contributed by atoms with Crippen LogP contribution in [0.25, 0.3) is 0 Å². The van der Waals surface area contributed by atoms with Gasteiger partial charge in [-0.15, -0.1) is 0 Å². The molecule has 2 aromatic carbocycles. The van der Waals surface area contributed by atoms with Gasteiger partial charge in [0, 0.05) is 11.6 Å². The van der Waals surface area contributed by atoms with Crippen molar-refractivity contribution in [2.75, 3.05) is 0 Å². The second-order valence-electron chi connectivity index (χ2n) is 4.30. The van der Waals surface area contributed by atoms with E-state index in [0.29, 0.717) is 11.8 Å². The highest BCUT2D eigenvalue weighted by molar-refractivity contribution is 7.90. The average molecular weight is 305 g/mol. The highest BCUT2D eigenvalue weighted by atomic mass is 32.2. The molecular weight excluding hydrogens is 294 g/mol. The molecule has 0 amide bonds. The van der Waals surface area contributed by atoms with E-state index in [0.717, 1.165) is 6.07 Å². The second kappa shape index (κ2) is 5.84. The van der Waals surface area contributed by atoms with Crippen molar-refractivity contribution in [3.63, 3.8) is 0 Å². The molecule has 0 fully saturated rings. The van der Waals surface area contributed by atoms with E-state index in [4.69, 9.17) is 0 Å². The summed E-state index contributed by atoms with van der Waals surface area (Å²) < 4.78 is 24.7. The summed E-state index contributed by atoms with van der Waals surface area (Å²) in [6.45, 7) is 0. The molecule has 0 aliphatic heterocycles. The Balaban J connectivity index is 2.49. The largest absolute Gasteiger partial charge is 0.298 e. The zero-order valence-corrected chi connectivity index (χ0v) is 11.6. The van der Waals surface area contributed by atoms with E-state index in [9.17, 15) is 23.3 Å². The topological polar surface area (TPSA) is 94.3 Å². The molecule has 0 aliphatic carbocycles. The van der Waals surface area contributed by atoms with E-state index in [1.807, 2.05) is 0 Å². The molecule has 7 heteroatoms. The van der Waals surface area contributed by atoms with Crippen molar-refractivity contribution in [1.29, 1.82) is 0 Å². The fraction of sp³-hybridized carbons (Fsp3) is 0.0714. The lowest BCUT2D eigenvalue weighted by atomic mass is 10.1. The lowest BCUT2D eigenvalue weighted by molar-refractivity contribution is -0.387. The number of nitrogens with zero attached hydrogens (tertiary/aromatic N) is 1. The molecule has 0 heterocycles. The van der Waals surface area contributed by atoms with Gasteiger partial charge in [0.2, 0.25) is 0 Å². The fourth-order valence-corrected chi connectivity index (χ4v) is 3.51.